The number of hydrogen-bond acceptors (Lipinski definition) is 0. The topological polar surface area (TPSA) is 0 Å². The molecule has 0 atom stereocenters. The predicted molar refractivity (Wildman–Crippen MR) is 135 cm³/mol. The van der Waals surface area contributed by atoms with Crippen molar-refractivity contribution in [3.63, 3.8) is 0 Å². The van der Waals surface area contributed by atoms with E-state index in [1.165, 1.54) is 62.4 Å². The van der Waals surface area contributed by atoms with Crippen LogP contribution in [0.25, 0.3) is 11.1 Å². The summed E-state index contributed by atoms with van der Waals surface area (Å²) in [5.41, 5.74) is 0.731. The lowest BCUT2D eigenvalue weighted by Crippen LogP contribution is -2.22. The molecule has 0 nitrogen and oxygen atoms in total. The van der Waals surface area contributed by atoms with Crippen LogP contribution in [0, 0.1) is 29.3 Å². The zero-order valence-electron chi connectivity index (χ0n) is 19.7. The van der Waals surface area contributed by atoms with Crippen LogP contribution < -0.4 is 0 Å². The molecule has 1 saturated heterocycles. The van der Waals surface area contributed by atoms with Gasteiger partial charge in [0.1, 0.15) is 17.5 Å². The summed E-state index contributed by atoms with van der Waals surface area (Å²) in [5.74, 6) is -0.0232. The second-order valence-electron chi connectivity index (χ2n) is 10.5. The molecule has 0 radical (unpaired) electrons. The molecular weight excluding hydrogens is 457 g/mol. The molecule has 5 heteroatoms. The van der Waals surface area contributed by atoms with Gasteiger partial charge in [0.15, 0.2) is 0 Å². The van der Waals surface area contributed by atoms with Crippen LogP contribution in [0.3, 0.4) is 0 Å². The van der Waals surface area contributed by atoms with Crippen molar-refractivity contribution in [2.75, 3.05) is 0 Å². The van der Waals surface area contributed by atoms with Gasteiger partial charge in [0.25, 0.3) is 0 Å². The van der Waals surface area contributed by atoms with Crippen LogP contribution in [0.5, 0.6) is 0 Å². The Labute approximate surface area is 203 Å². The van der Waals surface area contributed by atoms with Crippen LogP contribution in [0.1, 0.15) is 76.2 Å². The summed E-state index contributed by atoms with van der Waals surface area (Å²) >= 11 is 5.71. The Morgan fingerprint density at radius 2 is 1.42 bits per heavy atom. The number of rotatable bonds is 7. The second kappa shape index (κ2) is 11.4. The molecule has 2 fully saturated rings. The average molecular weight is 493 g/mol. The van der Waals surface area contributed by atoms with E-state index in [0.29, 0.717) is 0 Å². The van der Waals surface area contributed by atoms with Crippen molar-refractivity contribution < 1.29 is 13.2 Å². The number of hydrogen-bond donors (Lipinski definition) is 0. The van der Waals surface area contributed by atoms with Crippen LogP contribution in [-0.4, -0.2) is 8.80 Å². The predicted octanol–water partition coefficient (Wildman–Crippen LogP) is 9.53. The fourth-order valence-electron chi connectivity index (χ4n) is 6.23. The molecule has 33 heavy (non-hydrogen) atoms. The van der Waals surface area contributed by atoms with Crippen molar-refractivity contribution in [1.82, 2.24) is 0 Å². The van der Waals surface area contributed by atoms with E-state index in [4.69, 9.17) is 11.6 Å². The van der Waals surface area contributed by atoms with Crippen molar-refractivity contribution >= 4 is 20.4 Å². The minimum absolute atomic E-state index is 0.0565. The Kier molecular flexibility index (Phi) is 8.62. The van der Waals surface area contributed by atoms with Crippen LogP contribution in [0.2, 0.25) is 23.2 Å². The monoisotopic (exact) mass is 492 g/mol. The number of benzene rings is 2. The average Bonchev–Trinajstić information content (AvgIpc) is 2.81. The Morgan fingerprint density at radius 3 is 2.00 bits per heavy atom. The van der Waals surface area contributed by atoms with E-state index in [0.717, 1.165) is 49.1 Å². The molecule has 4 rings (SSSR count). The molecule has 0 bridgehead atoms. The minimum atomic E-state index is -0.675. The molecule has 0 spiro atoms. The molecule has 1 aliphatic heterocycles. The fourth-order valence-corrected chi connectivity index (χ4v) is 9.91. The third-order valence-corrected chi connectivity index (χ3v) is 12.2. The lowest BCUT2D eigenvalue weighted by atomic mass is 9.76. The first-order chi connectivity index (χ1) is 15.9. The maximum absolute atomic E-state index is 14.9. The summed E-state index contributed by atoms with van der Waals surface area (Å²) in [5, 5.41) is -0.0565. The van der Waals surface area contributed by atoms with Crippen molar-refractivity contribution in [3.05, 3.63) is 58.4 Å². The summed E-state index contributed by atoms with van der Waals surface area (Å²) in [6, 6.07) is 11.4. The molecule has 2 aliphatic rings. The molecular formula is C28H36ClF3Si. The van der Waals surface area contributed by atoms with Gasteiger partial charge in [-0.15, -0.1) is 0 Å². The lowest BCUT2D eigenvalue weighted by Gasteiger charge is -2.32. The maximum atomic E-state index is 14.9. The maximum Gasteiger partial charge on any atom is 0.142 e. The Bertz CT molecular complexity index is 908. The molecule has 2 aromatic carbocycles. The van der Waals surface area contributed by atoms with E-state index in [-0.39, 0.29) is 22.1 Å². The largest absolute Gasteiger partial charge is 0.206 e. The van der Waals surface area contributed by atoms with Crippen LogP contribution in [0.4, 0.5) is 13.2 Å². The third-order valence-electron chi connectivity index (χ3n) is 8.24. The summed E-state index contributed by atoms with van der Waals surface area (Å²) in [4.78, 5) is 0. The summed E-state index contributed by atoms with van der Waals surface area (Å²) in [7, 11) is -0.390. The first kappa shape index (κ1) is 24.8. The highest BCUT2D eigenvalue weighted by Crippen LogP contribution is 2.41. The summed E-state index contributed by atoms with van der Waals surface area (Å²) in [6.07, 6.45) is 11.3. The van der Waals surface area contributed by atoms with Crippen molar-refractivity contribution in [2.24, 2.45) is 11.8 Å². The first-order valence-corrected chi connectivity index (χ1v) is 15.7. The molecule has 2 aromatic rings. The minimum Gasteiger partial charge on any atom is -0.206 e. The van der Waals surface area contributed by atoms with Crippen LogP contribution >= 0.6 is 11.6 Å². The zero-order chi connectivity index (χ0) is 23.4. The highest BCUT2D eigenvalue weighted by atomic mass is 35.5. The van der Waals surface area contributed by atoms with E-state index < -0.39 is 26.2 Å². The van der Waals surface area contributed by atoms with Gasteiger partial charge in [-0.2, -0.15) is 0 Å². The van der Waals surface area contributed by atoms with E-state index in [2.05, 4.69) is 6.92 Å². The molecule has 0 N–H and O–H groups in total. The van der Waals surface area contributed by atoms with Crippen molar-refractivity contribution in [1.29, 1.82) is 0 Å². The molecule has 0 aromatic heterocycles. The van der Waals surface area contributed by atoms with Gasteiger partial charge < -0.3 is 0 Å². The highest BCUT2D eigenvalue weighted by Gasteiger charge is 2.27. The molecule has 1 saturated carbocycles. The van der Waals surface area contributed by atoms with Gasteiger partial charge in [-0.1, -0.05) is 74.8 Å². The molecule has 1 aliphatic carbocycles. The quantitative estimate of drug-likeness (QED) is 0.337. The number of halogens is 4. The smallest absolute Gasteiger partial charge is 0.142 e. The van der Waals surface area contributed by atoms with Gasteiger partial charge in [-0.05, 0) is 78.8 Å². The Balaban J connectivity index is 1.30. The van der Waals surface area contributed by atoms with Gasteiger partial charge in [0.2, 0.25) is 0 Å². The van der Waals surface area contributed by atoms with Crippen molar-refractivity contribution in [3.8, 4) is 11.1 Å². The normalized spacial score (nSPS) is 25.8. The van der Waals surface area contributed by atoms with Gasteiger partial charge in [-0.25, -0.2) is 13.2 Å². The summed E-state index contributed by atoms with van der Waals surface area (Å²) < 4.78 is 43.5. The Hall–Kier alpha value is -1.26. The standard InChI is InChI=1S/C28H36ClF3Si/c1-2-13-33-14-11-20(12-15-33)4-3-19-5-7-21(8-6-19)23-17-26(31)28(27(32)18-23)22-9-10-24(29)25(30)16-22/h9-10,16-21,33H,2-8,11-15H2,1H3/t19-,20?,21-,33?. The molecule has 1 heterocycles. The highest BCUT2D eigenvalue weighted by molar-refractivity contribution is 6.58. The van der Waals surface area contributed by atoms with E-state index in [1.807, 2.05) is 0 Å². The fraction of sp³-hybridized carbons (Fsp3) is 0.571. The van der Waals surface area contributed by atoms with Gasteiger partial charge in [-0.3, -0.25) is 0 Å². The van der Waals surface area contributed by atoms with Gasteiger partial charge in [0, 0.05) is 8.80 Å². The SMILES string of the molecule is CCC[SiH]1CCC(CC[C@H]2CC[C@H](c3cc(F)c(-c4ccc(Cl)c(F)c4)c(F)c3)CC2)CC1. The van der Waals surface area contributed by atoms with Gasteiger partial charge >= 0.3 is 0 Å². The van der Waals surface area contributed by atoms with E-state index >= 15 is 0 Å². The Morgan fingerprint density at radius 1 is 0.818 bits per heavy atom. The van der Waals surface area contributed by atoms with E-state index in [9.17, 15) is 13.2 Å². The van der Waals surface area contributed by atoms with Crippen LogP contribution in [-0.2, 0) is 0 Å². The van der Waals surface area contributed by atoms with Gasteiger partial charge in [0.05, 0.1) is 10.6 Å². The van der Waals surface area contributed by atoms with Crippen LogP contribution in [0.15, 0.2) is 30.3 Å². The van der Waals surface area contributed by atoms with Crippen molar-refractivity contribution in [2.45, 2.75) is 88.8 Å². The molecule has 0 amide bonds. The molecule has 0 unspecified atom stereocenters. The first-order valence-electron chi connectivity index (χ1n) is 12.9. The molecule has 180 valence electrons. The zero-order valence-corrected chi connectivity index (χ0v) is 21.6. The second-order valence-corrected chi connectivity index (χ2v) is 14.3. The third kappa shape index (κ3) is 6.25. The van der Waals surface area contributed by atoms with E-state index in [1.54, 1.807) is 12.1 Å². The summed E-state index contributed by atoms with van der Waals surface area (Å²) in [6.45, 7) is 2.33. The lowest BCUT2D eigenvalue weighted by molar-refractivity contribution is 0.279.